The average Bonchev–Trinajstić information content (AvgIpc) is 3.24. The molecule has 0 saturated heterocycles. The van der Waals surface area contributed by atoms with Gasteiger partial charge in [-0.3, -0.25) is 4.79 Å². The molecule has 0 unspecified atom stereocenters. The second-order valence-corrected chi connectivity index (χ2v) is 13.4. The molecule has 0 saturated carbocycles. The molecule has 1 aromatic carbocycles. The van der Waals surface area contributed by atoms with Gasteiger partial charge >= 0.3 is 6.09 Å². The minimum Gasteiger partial charge on any atom is -0.444 e. The van der Waals surface area contributed by atoms with Crippen LogP contribution in [0, 0.1) is 6.92 Å². The summed E-state index contributed by atoms with van der Waals surface area (Å²) in [4.78, 5) is 28.9. The topological polar surface area (TPSA) is 151 Å². The Bertz CT molecular complexity index is 1260. The van der Waals surface area contributed by atoms with Crippen molar-refractivity contribution in [3.8, 4) is 10.4 Å². The molecule has 0 spiro atoms. The predicted octanol–water partition coefficient (Wildman–Crippen LogP) is 4.10. The first-order valence-corrected chi connectivity index (χ1v) is 16.4. The van der Waals surface area contributed by atoms with Gasteiger partial charge in [-0.1, -0.05) is 29.0 Å². The van der Waals surface area contributed by atoms with Gasteiger partial charge in [0.1, 0.15) is 5.60 Å². The number of sulfone groups is 1. The maximum absolute atomic E-state index is 12.3. The summed E-state index contributed by atoms with van der Waals surface area (Å²) >= 11 is 7.29. The third-order valence-corrected chi connectivity index (χ3v) is 7.84. The highest BCUT2D eigenvalue weighted by Crippen LogP contribution is 2.35. The molecule has 1 aromatic heterocycles. The van der Waals surface area contributed by atoms with E-state index in [1.807, 2.05) is 0 Å². The van der Waals surface area contributed by atoms with Crippen LogP contribution >= 0.6 is 22.9 Å². The van der Waals surface area contributed by atoms with Crippen molar-refractivity contribution >= 4 is 49.9 Å². The van der Waals surface area contributed by atoms with E-state index in [1.54, 1.807) is 33.8 Å². The zero-order chi connectivity index (χ0) is 31.2. The summed E-state index contributed by atoms with van der Waals surface area (Å²) in [6, 6.07) is 4.76. The Morgan fingerprint density at radius 3 is 2.10 bits per heavy atom. The van der Waals surface area contributed by atoms with Crippen LogP contribution in [0.1, 0.15) is 32.9 Å². The maximum atomic E-state index is 12.3. The lowest BCUT2D eigenvalue weighted by atomic mass is 10.2. The maximum Gasteiger partial charge on any atom is 0.407 e. The predicted molar refractivity (Wildman–Crippen MR) is 161 cm³/mol. The third-order valence-electron chi connectivity index (χ3n) is 5.14. The highest BCUT2D eigenvalue weighted by atomic mass is 35.5. The van der Waals surface area contributed by atoms with Gasteiger partial charge in [-0.25, -0.2) is 18.2 Å². The summed E-state index contributed by atoms with van der Waals surface area (Å²) in [6.07, 6.45) is 0.768. The van der Waals surface area contributed by atoms with Crippen molar-refractivity contribution in [2.75, 3.05) is 71.0 Å². The zero-order valence-corrected chi connectivity index (χ0v) is 27.0. The minimum atomic E-state index is -3.49. The first-order chi connectivity index (χ1) is 19.8. The molecule has 42 heavy (non-hydrogen) atoms. The third kappa shape index (κ3) is 14.2. The van der Waals surface area contributed by atoms with Crippen LogP contribution in [-0.2, 0) is 38.3 Å². The molecule has 0 aliphatic rings. The Kier molecular flexibility index (Phi) is 15.1. The van der Waals surface area contributed by atoms with Gasteiger partial charge < -0.3 is 34.3 Å². The monoisotopic (exact) mass is 649 g/mol. The lowest BCUT2D eigenvalue weighted by Crippen LogP contribution is -2.34. The number of halogens is 1. The number of nitrogens with zero attached hydrogens (tertiary/aromatic N) is 1. The van der Waals surface area contributed by atoms with Gasteiger partial charge in [-0.2, -0.15) is 0 Å². The molecule has 0 fully saturated rings. The van der Waals surface area contributed by atoms with Gasteiger partial charge in [0.2, 0.25) is 5.91 Å². The highest BCUT2D eigenvalue weighted by Gasteiger charge is 2.18. The Labute approximate surface area is 256 Å². The molecule has 0 bridgehead atoms. The molecule has 1 heterocycles. The first-order valence-electron chi connectivity index (χ1n) is 13.3. The summed E-state index contributed by atoms with van der Waals surface area (Å²) < 4.78 is 50.8. The van der Waals surface area contributed by atoms with Crippen molar-refractivity contribution < 1.29 is 41.7 Å². The minimum absolute atomic E-state index is 0.0431. The molecule has 0 radical (unpaired) electrons. The number of nitrogens with one attached hydrogen (secondary N) is 2. The van der Waals surface area contributed by atoms with Gasteiger partial charge in [-0.05, 0) is 45.4 Å². The number of rotatable bonds is 18. The van der Waals surface area contributed by atoms with E-state index in [2.05, 4.69) is 15.6 Å². The second kappa shape index (κ2) is 17.7. The molecule has 236 valence electrons. The number of hydrogen-bond acceptors (Lipinski definition) is 11. The molecule has 2 aromatic rings. The van der Waals surface area contributed by atoms with Crippen LogP contribution < -0.4 is 10.6 Å². The number of alkyl carbamates (subject to hydrolysis) is 1. The van der Waals surface area contributed by atoms with E-state index in [-0.39, 0.29) is 28.9 Å². The first kappa shape index (κ1) is 35.9. The number of aryl methyl sites for hydroxylation is 1. The quantitative estimate of drug-likeness (QED) is 0.226. The van der Waals surface area contributed by atoms with Crippen molar-refractivity contribution in [2.24, 2.45) is 0 Å². The summed E-state index contributed by atoms with van der Waals surface area (Å²) in [5.41, 5.74) is 0.784. The van der Waals surface area contributed by atoms with E-state index in [0.717, 1.165) is 11.1 Å². The van der Waals surface area contributed by atoms with Crippen molar-refractivity contribution in [1.82, 2.24) is 10.3 Å². The SMILES string of the molecule is Cc1nc(NC(=O)CCOCCOCCOCCOCCNC(=O)OC(C)(C)C)sc1-c1ccc(Cl)c(S(C)(=O)=O)c1. The summed E-state index contributed by atoms with van der Waals surface area (Å²) in [5.74, 6) is -0.250. The van der Waals surface area contributed by atoms with Crippen LogP contribution in [0.5, 0.6) is 0 Å². The molecule has 2 N–H and O–H groups in total. The van der Waals surface area contributed by atoms with Gasteiger partial charge in [0.25, 0.3) is 0 Å². The fourth-order valence-corrected chi connectivity index (χ4v) is 5.57. The van der Waals surface area contributed by atoms with E-state index in [1.165, 1.54) is 23.5 Å². The largest absolute Gasteiger partial charge is 0.444 e. The van der Waals surface area contributed by atoms with Crippen LogP contribution in [0.4, 0.5) is 9.93 Å². The van der Waals surface area contributed by atoms with Crippen LogP contribution in [0.3, 0.4) is 0 Å². The number of thiazole rings is 1. The second-order valence-electron chi connectivity index (χ2n) is 10.0. The van der Waals surface area contributed by atoms with Gasteiger partial charge in [0.15, 0.2) is 15.0 Å². The van der Waals surface area contributed by atoms with E-state index >= 15 is 0 Å². The van der Waals surface area contributed by atoms with Gasteiger partial charge in [-0.15, -0.1) is 0 Å². The van der Waals surface area contributed by atoms with Crippen molar-refractivity contribution in [2.45, 2.75) is 44.6 Å². The number of anilines is 1. The van der Waals surface area contributed by atoms with Crippen molar-refractivity contribution in [1.29, 1.82) is 0 Å². The Balaban J connectivity index is 1.51. The van der Waals surface area contributed by atoms with Crippen LogP contribution in [0.2, 0.25) is 5.02 Å². The van der Waals surface area contributed by atoms with Gasteiger partial charge in [0.05, 0.1) is 79.8 Å². The normalized spacial score (nSPS) is 11.9. The molecule has 2 amide bonds. The summed E-state index contributed by atoms with van der Waals surface area (Å²) in [5, 5.41) is 5.92. The highest BCUT2D eigenvalue weighted by molar-refractivity contribution is 7.90. The molecule has 0 aliphatic carbocycles. The lowest BCUT2D eigenvalue weighted by molar-refractivity contribution is -0.117. The fraction of sp³-hybridized carbons (Fsp3) is 0.593. The number of aromatic nitrogens is 1. The average molecular weight is 650 g/mol. The molecule has 15 heteroatoms. The standard InChI is InChI=1S/C27H40ClN3O9S2/c1-19-24(20-6-7-21(28)22(18-20)42(5,34)35)41-25(30-19)31-23(32)8-10-36-12-14-38-16-17-39-15-13-37-11-9-29-26(33)40-27(2,3)4/h6-7,18H,8-17H2,1-5H3,(H,29,33)(H,30,31,32). The summed E-state index contributed by atoms with van der Waals surface area (Å²) in [6.45, 7) is 10.4. The van der Waals surface area contributed by atoms with E-state index < -0.39 is 21.5 Å². The number of carbonyl (C=O) groups excluding carboxylic acids is 2. The number of ether oxygens (including phenoxy) is 5. The molecular formula is C27H40ClN3O9S2. The van der Waals surface area contributed by atoms with Crippen molar-refractivity contribution in [3.05, 3.63) is 28.9 Å². The molecular weight excluding hydrogens is 610 g/mol. The number of hydrogen-bond donors (Lipinski definition) is 2. The van der Waals surface area contributed by atoms with E-state index in [0.29, 0.717) is 69.2 Å². The smallest absolute Gasteiger partial charge is 0.407 e. The van der Waals surface area contributed by atoms with E-state index in [4.69, 9.17) is 35.3 Å². The Morgan fingerprint density at radius 2 is 1.52 bits per heavy atom. The molecule has 12 nitrogen and oxygen atoms in total. The molecule has 0 atom stereocenters. The lowest BCUT2D eigenvalue weighted by Gasteiger charge is -2.19. The van der Waals surface area contributed by atoms with Crippen LogP contribution in [-0.4, -0.2) is 96.7 Å². The van der Waals surface area contributed by atoms with Crippen LogP contribution in [0.25, 0.3) is 10.4 Å². The fourth-order valence-electron chi connectivity index (χ4n) is 3.29. The molecule has 0 aliphatic heterocycles. The Morgan fingerprint density at radius 1 is 0.952 bits per heavy atom. The number of carbonyl (C=O) groups is 2. The molecule has 2 rings (SSSR count). The number of benzene rings is 1. The van der Waals surface area contributed by atoms with Crippen LogP contribution in [0.15, 0.2) is 23.1 Å². The van der Waals surface area contributed by atoms with Gasteiger partial charge in [0, 0.05) is 12.8 Å². The van der Waals surface area contributed by atoms with E-state index in [9.17, 15) is 18.0 Å². The zero-order valence-electron chi connectivity index (χ0n) is 24.6. The number of amides is 2. The Hall–Kier alpha value is -2.33. The van der Waals surface area contributed by atoms with Crippen molar-refractivity contribution in [3.63, 3.8) is 0 Å². The summed E-state index contributed by atoms with van der Waals surface area (Å²) in [7, 11) is -3.49.